The molecule has 0 amide bonds. The number of esters is 1. The molecular formula is C18H28N4O4. The number of nitrogens with one attached hydrogen (secondary N) is 2. The minimum absolute atomic E-state index is 0.00416. The molecule has 2 rings (SSSR count). The third kappa shape index (κ3) is 6.05. The fourth-order valence-corrected chi connectivity index (χ4v) is 2.87. The van der Waals surface area contributed by atoms with Crippen molar-refractivity contribution in [1.82, 2.24) is 15.5 Å². The number of nitrogens with zero attached hydrogens (tertiary/aromatic N) is 2. The van der Waals surface area contributed by atoms with Crippen molar-refractivity contribution in [2.45, 2.75) is 32.4 Å². The Hall–Kier alpha value is -2.03. The quantitative estimate of drug-likeness (QED) is 0.474. The molecule has 0 aliphatic carbocycles. The van der Waals surface area contributed by atoms with Crippen LogP contribution < -0.4 is 10.6 Å². The van der Waals surface area contributed by atoms with E-state index in [2.05, 4.69) is 15.5 Å². The van der Waals surface area contributed by atoms with E-state index in [0.29, 0.717) is 18.7 Å². The average Bonchev–Trinajstić information content (AvgIpc) is 2.68. The predicted molar refractivity (Wildman–Crippen MR) is 99.0 cm³/mol. The van der Waals surface area contributed by atoms with Gasteiger partial charge in [0.25, 0.3) is 5.69 Å². The normalized spacial score (nSPS) is 18.3. The molecule has 1 aromatic rings. The zero-order chi connectivity index (χ0) is 19.2. The van der Waals surface area contributed by atoms with Crippen molar-refractivity contribution in [2.24, 2.45) is 0 Å². The third-order valence-corrected chi connectivity index (χ3v) is 4.04. The van der Waals surface area contributed by atoms with Crippen LogP contribution in [-0.4, -0.2) is 60.7 Å². The highest BCUT2D eigenvalue weighted by Gasteiger charge is 2.32. The van der Waals surface area contributed by atoms with Crippen molar-refractivity contribution in [3.05, 3.63) is 39.9 Å². The molecule has 8 heteroatoms. The maximum Gasteiger partial charge on any atom is 0.328 e. The molecule has 0 radical (unpaired) electrons. The molecule has 1 heterocycles. The van der Waals surface area contributed by atoms with E-state index in [0.717, 1.165) is 26.2 Å². The van der Waals surface area contributed by atoms with Gasteiger partial charge in [0, 0.05) is 51.4 Å². The van der Waals surface area contributed by atoms with Crippen molar-refractivity contribution in [3.63, 3.8) is 0 Å². The number of rotatable bonds is 4. The summed E-state index contributed by atoms with van der Waals surface area (Å²) < 4.78 is 5.63. The number of nitro groups is 1. The van der Waals surface area contributed by atoms with Crippen LogP contribution in [0.3, 0.4) is 0 Å². The molecular weight excluding hydrogens is 336 g/mol. The highest BCUT2D eigenvalue weighted by atomic mass is 16.6. The van der Waals surface area contributed by atoms with Gasteiger partial charge in [-0.3, -0.25) is 15.0 Å². The van der Waals surface area contributed by atoms with Crippen LogP contribution in [0.4, 0.5) is 5.69 Å². The third-order valence-electron chi connectivity index (χ3n) is 4.04. The van der Waals surface area contributed by atoms with Crippen LogP contribution in [-0.2, 0) is 9.53 Å². The van der Waals surface area contributed by atoms with Gasteiger partial charge in [0.1, 0.15) is 11.6 Å². The highest BCUT2D eigenvalue weighted by molar-refractivity contribution is 5.78. The molecule has 0 bridgehead atoms. The lowest BCUT2D eigenvalue weighted by Gasteiger charge is -2.32. The molecule has 26 heavy (non-hydrogen) atoms. The Morgan fingerprint density at radius 3 is 2.12 bits per heavy atom. The van der Waals surface area contributed by atoms with Gasteiger partial charge >= 0.3 is 5.97 Å². The predicted octanol–water partition coefficient (Wildman–Crippen LogP) is 1.47. The number of carbonyl (C=O) groups is 1. The molecule has 0 saturated carbocycles. The topological polar surface area (TPSA) is 96.7 Å². The lowest BCUT2D eigenvalue weighted by molar-refractivity contribution is -0.384. The van der Waals surface area contributed by atoms with Crippen molar-refractivity contribution in [3.8, 4) is 0 Å². The highest BCUT2D eigenvalue weighted by Crippen LogP contribution is 2.26. The summed E-state index contributed by atoms with van der Waals surface area (Å²) in [6, 6.07) is 5.54. The van der Waals surface area contributed by atoms with Gasteiger partial charge < -0.3 is 15.4 Å². The molecule has 1 fully saturated rings. The van der Waals surface area contributed by atoms with E-state index in [1.165, 1.54) is 12.1 Å². The average molecular weight is 364 g/mol. The summed E-state index contributed by atoms with van der Waals surface area (Å²) in [6.07, 6.45) is 0. The van der Waals surface area contributed by atoms with E-state index < -0.39 is 16.6 Å². The lowest BCUT2D eigenvalue weighted by atomic mass is 10.0. The van der Waals surface area contributed by atoms with Crippen LogP contribution in [0.1, 0.15) is 32.4 Å². The molecule has 2 N–H and O–H groups in total. The van der Waals surface area contributed by atoms with Crippen LogP contribution in [0.5, 0.6) is 0 Å². The Bertz CT molecular complexity index is 603. The molecule has 1 unspecified atom stereocenters. The Morgan fingerprint density at radius 2 is 1.65 bits per heavy atom. The number of nitro benzene ring substituents is 1. The Labute approximate surface area is 154 Å². The van der Waals surface area contributed by atoms with Crippen molar-refractivity contribution >= 4 is 11.7 Å². The molecule has 0 spiro atoms. The first kappa shape index (κ1) is 20.3. The second-order valence-electron chi connectivity index (χ2n) is 7.32. The van der Waals surface area contributed by atoms with Crippen LogP contribution in [0.15, 0.2) is 24.3 Å². The first-order chi connectivity index (χ1) is 12.3. The molecule has 1 aromatic carbocycles. The van der Waals surface area contributed by atoms with E-state index in [1.807, 2.05) is 20.8 Å². The number of benzene rings is 1. The van der Waals surface area contributed by atoms with Crippen molar-refractivity contribution in [2.75, 3.05) is 39.3 Å². The summed E-state index contributed by atoms with van der Waals surface area (Å²) in [5, 5.41) is 17.6. The molecule has 0 aromatic heterocycles. The SMILES string of the molecule is CC(C)(C)OC(=O)C(c1ccc([N+](=O)[O-])cc1)N1CCNCCNCC1. The van der Waals surface area contributed by atoms with Gasteiger partial charge in [0.05, 0.1) is 4.92 Å². The number of hydrogen-bond donors (Lipinski definition) is 2. The van der Waals surface area contributed by atoms with Gasteiger partial charge in [-0.1, -0.05) is 12.1 Å². The molecule has 1 atom stereocenters. The second kappa shape index (κ2) is 9.07. The van der Waals surface area contributed by atoms with Gasteiger partial charge in [-0.25, -0.2) is 4.79 Å². The summed E-state index contributed by atoms with van der Waals surface area (Å²) >= 11 is 0. The van der Waals surface area contributed by atoms with Crippen molar-refractivity contribution in [1.29, 1.82) is 0 Å². The Balaban J connectivity index is 2.30. The lowest BCUT2D eigenvalue weighted by Crippen LogP contribution is -2.42. The van der Waals surface area contributed by atoms with Crippen LogP contribution in [0.2, 0.25) is 0 Å². The minimum atomic E-state index is -0.605. The minimum Gasteiger partial charge on any atom is -0.459 e. The van der Waals surface area contributed by atoms with Crippen LogP contribution >= 0.6 is 0 Å². The first-order valence-corrected chi connectivity index (χ1v) is 8.90. The fourth-order valence-electron chi connectivity index (χ4n) is 2.87. The smallest absolute Gasteiger partial charge is 0.328 e. The van der Waals surface area contributed by atoms with E-state index in [1.54, 1.807) is 12.1 Å². The maximum absolute atomic E-state index is 12.9. The number of carbonyl (C=O) groups excluding carboxylic acids is 1. The number of ether oxygens (including phenoxy) is 1. The number of hydrogen-bond acceptors (Lipinski definition) is 7. The summed E-state index contributed by atoms with van der Waals surface area (Å²) in [6.45, 7) is 10.1. The summed E-state index contributed by atoms with van der Waals surface area (Å²) in [5.41, 5.74) is 0.0975. The molecule has 1 aliphatic heterocycles. The van der Waals surface area contributed by atoms with Gasteiger partial charge in [0.15, 0.2) is 0 Å². The molecule has 1 saturated heterocycles. The molecule has 1 aliphatic rings. The van der Waals surface area contributed by atoms with Crippen LogP contribution in [0, 0.1) is 10.1 Å². The summed E-state index contributed by atoms with van der Waals surface area (Å²) in [4.78, 5) is 25.4. The van der Waals surface area contributed by atoms with Gasteiger partial charge in [0.2, 0.25) is 0 Å². The monoisotopic (exact) mass is 364 g/mol. The zero-order valence-corrected chi connectivity index (χ0v) is 15.7. The second-order valence-corrected chi connectivity index (χ2v) is 7.32. The molecule has 144 valence electrons. The fraction of sp³-hybridized carbons (Fsp3) is 0.611. The van der Waals surface area contributed by atoms with E-state index in [9.17, 15) is 14.9 Å². The summed E-state index contributed by atoms with van der Waals surface area (Å²) in [5.74, 6) is -0.342. The Kier molecular flexibility index (Phi) is 7.07. The van der Waals surface area contributed by atoms with Crippen LogP contribution in [0.25, 0.3) is 0 Å². The zero-order valence-electron chi connectivity index (χ0n) is 15.7. The van der Waals surface area contributed by atoms with Gasteiger partial charge in [-0.2, -0.15) is 0 Å². The standard InChI is InChI=1S/C18H28N4O4/c1-18(2,3)26-17(23)16(14-4-6-15(7-5-14)22(24)25)21-12-10-19-8-9-20-11-13-21/h4-7,16,19-20H,8-13H2,1-3H3. The maximum atomic E-state index is 12.9. The first-order valence-electron chi connectivity index (χ1n) is 8.90. The van der Waals surface area contributed by atoms with E-state index >= 15 is 0 Å². The van der Waals surface area contributed by atoms with Gasteiger partial charge in [-0.15, -0.1) is 0 Å². The van der Waals surface area contributed by atoms with Gasteiger partial charge in [-0.05, 0) is 26.3 Å². The number of non-ortho nitro benzene ring substituents is 1. The van der Waals surface area contributed by atoms with E-state index in [4.69, 9.17) is 4.74 Å². The molecule has 8 nitrogen and oxygen atoms in total. The largest absolute Gasteiger partial charge is 0.459 e. The Morgan fingerprint density at radius 1 is 1.12 bits per heavy atom. The van der Waals surface area contributed by atoms with Crippen molar-refractivity contribution < 1.29 is 14.5 Å². The summed E-state index contributed by atoms with van der Waals surface area (Å²) in [7, 11) is 0. The van der Waals surface area contributed by atoms with E-state index in [-0.39, 0.29) is 11.7 Å².